The molecule has 1 aliphatic heterocycles. The number of pyridine rings is 1. The van der Waals surface area contributed by atoms with Crippen molar-refractivity contribution >= 4 is 33.9 Å². The summed E-state index contributed by atoms with van der Waals surface area (Å²) in [6, 6.07) is 8.26. The first-order valence-electron chi connectivity index (χ1n) is 10.7. The highest BCUT2D eigenvalue weighted by molar-refractivity contribution is 7.16. The third-order valence-electron chi connectivity index (χ3n) is 6.00. The third kappa shape index (κ3) is 4.42. The Bertz CT molecular complexity index is 1200. The Hall–Kier alpha value is -3.07. The lowest BCUT2D eigenvalue weighted by molar-refractivity contribution is -0.137. The normalized spacial score (nSPS) is 13.8. The highest BCUT2D eigenvalue weighted by atomic mass is 32.1. The number of carbonyl (C=O) groups is 1. The fraction of sp³-hybridized carbons (Fsp3) is 0.333. The monoisotopic (exact) mass is 474 g/mol. The van der Waals surface area contributed by atoms with E-state index in [1.165, 1.54) is 11.6 Å². The molecule has 0 bridgehead atoms. The lowest BCUT2D eigenvalue weighted by Crippen LogP contribution is -2.45. The Labute approximate surface area is 194 Å². The number of aryl methyl sites for hydroxylation is 1. The Kier molecular flexibility index (Phi) is 6.09. The minimum atomic E-state index is -4.44. The van der Waals surface area contributed by atoms with Gasteiger partial charge in [-0.1, -0.05) is 19.1 Å². The van der Waals surface area contributed by atoms with E-state index in [2.05, 4.69) is 17.2 Å². The molecule has 3 heterocycles. The number of anilines is 3. The van der Waals surface area contributed by atoms with Crippen LogP contribution in [0.2, 0.25) is 0 Å². The quantitative estimate of drug-likeness (QED) is 0.472. The van der Waals surface area contributed by atoms with Gasteiger partial charge >= 0.3 is 12.2 Å². The second-order valence-corrected chi connectivity index (χ2v) is 9.29. The second kappa shape index (κ2) is 8.70. The number of thiophene rings is 1. The molecule has 0 saturated heterocycles. The number of nitrogens with zero attached hydrogens (tertiary/aromatic N) is 3. The minimum Gasteiger partial charge on any atom is -0.370 e. The molecule has 0 aliphatic carbocycles. The Balaban J connectivity index is 1.70. The molecule has 4 rings (SSSR count). The van der Waals surface area contributed by atoms with Crippen molar-refractivity contribution in [3.8, 4) is 11.3 Å². The number of halogens is 3. The maximum absolute atomic E-state index is 13.3. The molecule has 0 saturated carbocycles. The topological polar surface area (TPSA) is 48.5 Å². The molecule has 1 N–H and O–H groups in total. The maximum atomic E-state index is 13.3. The van der Waals surface area contributed by atoms with Crippen LogP contribution in [0, 0.1) is 13.8 Å². The molecule has 0 unspecified atom stereocenters. The number of nitrogens with one attached hydrogen (secondary N) is 1. The van der Waals surface area contributed by atoms with Crippen LogP contribution in [0.15, 0.2) is 36.4 Å². The van der Waals surface area contributed by atoms with Crippen LogP contribution >= 0.6 is 11.3 Å². The third-order valence-corrected chi connectivity index (χ3v) is 7.16. The number of hydrogen-bond acceptors (Lipinski definition) is 4. The summed E-state index contributed by atoms with van der Waals surface area (Å²) in [7, 11) is 1.90. The van der Waals surface area contributed by atoms with Gasteiger partial charge in [0.2, 0.25) is 0 Å². The zero-order valence-corrected chi connectivity index (χ0v) is 19.7. The van der Waals surface area contributed by atoms with E-state index in [0.717, 1.165) is 39.7 Å². The molecule has 0 atom stereocenters. The molecule has 1 aromatic carbocycles. The molecule has 0 radical (unpaired) electrons. The van der Waals surface area contributed by atoms with Crippen LogP contribution in [0.25, 0.3) is 11.3 Å². The van der Waals surface area contributed by atoms with Gasteiger partial charge in [-0.2, -0.15) is 13.2 Å². The highest BCUT2D eigenvalue weighted by Gasteiger charge is 2.31. The van der Waals surface area contributed by atoms with Gasteiger partial charge < -0.3 is 4.90 Å². The predicted molar refractivity (Wildman–Crippen MR) is 127 cm³/mol. The van der Waals surface area contributed by atoms with E-state index in [1.807, 2.05) is 25.8 Å². The molecular weight excluding hydrogens is 449 g/mol. The summed E-state index contributed by atoms with van der Waals surface area (Å²) in [6.45, 7) is 7.17. The SMILES string of the molecule is CCc1c(NC(=O)N2CCN(C)c3ccc(-c4cccc(C(F)(F)F)c4)nc32)sc(C)c1C. The van der Waals surface area contributed by atoms with Gasteiger partial charge in [0.1, 0.15) is 5.00 Å². The molecular formula is C24H25F3N4OS. The van der Waals surface area contributed by atoms with E-state index in [4.69, 9.17) is 0 Å². The van der Waals surface area contributed by atoms with Crippen molar-refractivity contribution in [2.75, 3.05) is 35.3 Å². The zero-order chi connectivity index (χ0) is 23.9. The summed E-state index contributed by atoms with van der Waals surface area (Å²) in [5.74, 6) is 0.430. The maximum Gasteiger partial charge on any atom is 0.416 e. The Morgan fingerprint density at radius 2 is 1.94 bits per heavy atom. The molecule has 5 nitrogen and oxygen atoms in total. The van der Waals surface area contributed by atoms with Crippen molar-refractivity contribution in [2.24, 2.45) is 0 Å². The van der Waals surface area contributed by atoms with Crippen LogP contribution in [0.3, 0.4) is 0 Å². The van der Waals surface area contributed by atoms with Crippen molar-refractivity contribution in [3.63, 3.8) is 0 Å². The van der Waals surface area contributed by atoms with E-state index < -0.39 is 11.7 Å². The first-order chi connectivity index (χ1) is 15.6. The van der Waals surface area contributed by atoms with Gasteiger partial charge in [0.25, 0.3) is 0 Å². The van der Waals surface area contributed by atoms with Gasteiger partial charge in [0.05, 0.1) is 16.9 Å². The largest absolute Gasteiger partial charge is 0.416 e. The summed E-state index contributed by atoms with van der Waals surface area (Å²) in [5, 5.41) is 3.86. The predicted octanol–water partition coefficient (Wildman–Crippen LogP) is 6.50. The van der Waals surface area contributed by atoms with E-state index >= 15 is 0 Å². The molecule has 33 heavy (non-hydrogen) atoms. The zero-order valence-electron chi connectivity index (χ0n) is 18.9. The number of aromatic nitrogens is 1. The van der Waals surface area contributed by atoms with Crippen LogP contribution in [0.5, 0.6) is 0 Å². The second-order valence-electron chi connectivity index (χ2n) is 8.07. The van der Waals surface area contributed by atoms with Gasteiger partial charge in [0.15, 0.2) is 5.82 Å². The molecule has 174 valence electrons. The van der Waals surface area contributed by atoms with Crippen molar-refractivity contribution in [1.29, 1.82) is 0 Å². The molecule has 0 fully saturated rings. The van der Waals surface area contributed by atoms with Crippen molar-refractivity contribution in [2.45, 2.75) is 33.4 Å². The van der Waals surface area contributed by atoms with Crippen molar-refractivity contribution in [3.05, 3.63) is 58.0 Å². The van der Waals surface area contributed by atoms with Crippen LogP contribution < -0.4 is 15.1 Å². The van der Waals surface area contributed by atoms with E-state index in [1.54, 1.807) is 34.4 Å². The number of alkyl halides is 3. The lowest BCUT2D eigenvalue weighted by Gasteiger charge is -2.34. The van der Waals surface area contributed by atoms with E-state index in [-0.39, 0.29) is 6.03 Å². The molecule has 0 spiro atoms. The summed E-state index contributed by atoms with van der Waals surface area (Å²) in [5.41, 5.74) is 3.04. The molecule has 2 aromatic heterocycles. The van der Waals surface area contributed by atoms with Crippen LogP contribution in [-0.4, -0.2) is 31.2 Å². The first kappa shape index (κ1) is 23.1. The van der Waals surface area contributed by atoms with Crippen LogP contribution in [0.4, 0.5) is 34.5 Å². The summed E-state index contributed by atoms with van der Waals surface area (Å²) in [6.07, 6.45) is -3.63. The summed E-state index contributed by atoms with van der Waals surface area (Å²) in [4.78, 5) is 22.6. The van der Waals surface area contributed by atoms with Crippen LogP contribution in [-0.2, 0) is 12.6 Å². The number of likely N-dealkylation sites (N-methyl/N-ethyl adjacent to an activating group) is 1. The number of benzene rings is 1. The van der Waals surface area contributed by atoms with Gasteiger partial charge in [-0.05, 0) is 55.7 Å². The fourth-order valence-corrected chi connectivity index (χ4v) is 5.13. The number of carbonyl (C=O) groups excluding carboxylic acids is 1. The van der Waals surface area contributed by atoms with E-state index in [0.29, 0.717) is 30.2 Å². The number of fused-ring (bicyclic) bond motifs is 1. The number of hydrogen-bond donors (Lipinski definition) is 1. The first-order valence-corrected chi connectivity index (χ1v) is 11.5. The average molecular weight is 475 g/mol. The number of urea groups is 1. The van der Waals surface area contributed by atoms with Crippen LogP contribution in [0.1, 0.15) is 28.5 Å². The van der Waals surface area contributed by atoms with E-state index in [9.17, 15) is 18.0 Å². The van der Waals surface area contributed by atoms with Gasteiger partial charge in [-0.15, -0.1) is 11.3 Å². The Morgan fingerprint density at radius 1 is 1.18 bits per heavy atom. The summed E-state index contributed by atoms with van der Waals surface area (Å²) < 4.78 is 39.6. The molecule has 2 amide bonds. The molecule has 3 aromatic rings. The van der Waals surface area contributed by atoms with Gasteiger partial charge in [-0.3, -0.25) is 10.2 Å². The van der Waals surface area contributed by atoms with Crippen molar-refractivity contribution in [1.82, 2.24) is 4.98 Å². The Morgan fingerprint density at radius 3 is 2.64 bits per heavy atom. The fourth-order valence-electron chi connectivity index (χ4n) is 3.99. The van der Waals surface area contributed by atoms with Gasteiger partial charge in [-0.25, -0.2) is 9.78 Å². The smallest absolute Gasteiger partial charge is 0.370 e. The molecule has 1 aliphatic rings. The highest BCUT2D eigenvalue weighted by Crippen LogP contribution is 2.37. The van der Waals surface area contributed by atoms with Gasteiger partial charge in [0, 0.05) is 30.6 Å². The minimum absolute atomic E-state index is 0.297. The average Bonchev–Trinajstić information content (AvgIpc) is 3.05. The summed E-state index contributed by atoms with van der Waals surface area (Å²) >= 11 is 1.55. The number of rotatable bonds is 3. The lowest BCUT2D eigenvalue weighted by atomic mass is 10.1. The standard InChI is InChI=1S/C24H25F3N4OS/c1-5-18-14(2)15(3)33-22(18)29-23(32)31-12-11-30(4)20-10-9-19(28-21(20)31)16-7-6-8-17(13-16)24(25,26)27/h6-10,13H,5,11-12H2,1-4H3,(H,29,32). The van der Waals surface area contributed by atoms with Crippen molar-refractivity contribution < 1.29 is 18.0 Å². The number of amides is 2. The molecule has 9 heteroatoms.